The molecule has 20 heavy (non-hydrogen) atoms. The molecule has 7 heteroatoms. The molecule has 110 valence electrons. The Labute approximate surface area is 116 Å². The summed E-state index contributed by atoms with van der Waals surface area (Å²) < 4.78 is 0. The van der Waals surface area contributed by atoms with Gasteiger partial charge in [0, 0.05) is 12.6 Å². The van der Waals surface area contributed by atoms with Crippen molar-refractivity contribution in [2.24, 2.45) is 5.92 Å². The van der Waals surface area contributed by atoms with E-state index in [1.54, 1.807) is 0 Å². The van der Waals surface area contributed by atoms with E-state index < -0.39 is 17.0 Å². The summed E-state index contributed by atoms with van der Waals surface area (Å²) in [5.41, 5.74) is -0.269. The largest absolute Gasteiger partial charge is 0.478 e. The first kappa shape index (κ1) is 15.9. The molecular formula is C13H18N2O5. The van der Waals surface area contributed by atoms with Gasteiger partial charge in [-0.25, -0.2) is 4.79 Å². The predicted octanol–water partition coefficient (Wildman–Crippen LogP) is 2.11. The zero-order valence-electron chi connectivity index (χ0n) is 11.4. The van der Waals surface area contributed by atoms with E-state index in [9.17, 15) is 20.0 Å². The number of nitro benzene ring substituents is 1. The Kier molecular flexibility index (Phi) is 5.45. The van der Waals surface area contributed by atoms with Crippen LogP contribution in [0, 0.1) is 16.0 Å². The number of carbonyl (C=O) groups is 1. The van der Waals surface area contributed by atoms with Crippen LogP contribution in [0.3, 0.4) is 0 Å². The van der Waals surface area contributed by atoms with Crippen LogP contribution in [-0.4, -0.2) is 33.8 Å². The number of hydrogen-bond acceptors (Lipinski definition) is 5. The van der Waals surface area contributed by atoms with Gasteiger partial charge in [0.2, 0.25) is 0 Å². The van der Waals surface area contributed by atoms with Crippen molar-refractivity contribution in [3.63, 3.8) is 0 Å². The molecule has 0 aliphatic carbocycles. The number of anilines is 1. The standard InChI is InChI=1S/C13H18N2O5/c1-8(2)5-10(16)7-14-11-4-3-9(13(17)18)6-12(11)15(19)20/h3-4,6,8,10,14,16H,5,7H2,1-2H3,(H,17,18). The second-order valence-corrected chi connectivity index (χ2v) is 4.96. The van der Waals surface area contributed by atoms with Crippen LogP contribution in [0.15, 0.2) is 18.2 Å². The molecule has 0 saturated carbocycles. The van der Waals surface area contributed by atoms with E-state index in [4.69, 9.17) is 5.11 Å². The minimum atomic E-state index is -1.22. The number of hydrogen-bond donors (Lipinski definition) is 3. The summed E-state index contributed by atoms with van der Waals surface area (Å²) in [6.07, 6.45) is -0.0395. The number of aliphatic hydroxyl groups excluding tert-OH is 1. The molecule has 1 aromatic carbocycles. The molecular weight excluding hydrogens is 264 g/mol. The first-order valence-electron chi connectivity index (χ1n) is 6.25. The van der Waals surface area contributed by atoms with Gasteiger partial charge in [-0.2, -0.15) is 0 Å². The summed E-state index contributed by atoms with van der Waals surface area (Å²) in [6, 6.07) is 3.62. The van der Waals surface area contributed by atoms with Crippen LogP contribution in [0.2, 0.25) is 0 Å². The molecule has 0 fully saturated rings. The van der Waals surface area contributed by atoms with Crippen molar-refractivity contribution < 1.29 is 19.9 Å². The summed E-state index contributed by atoms with van der Waals surface area (Å²) in [5, 5.41) is 32.3. The first-order valence-corrected chi connectivity index (χ1v) is 6.25. The van der Waals surface area contributed by atoms with Gasteiger partial charge < -0.3 is 15.5 Å². The fraction of sp³-hybridized carbons (Fsp3) is 0.462. The van der Waals surface area contributed by atoms with Crippen molar-refractivity contribution >= 4 is 17.3 Å². The van der Waals surface area contributed by atoms with E-state index in [1.165, 1.54) is 12.1 Å². The molecule has 1 atom stereocenters. The molecule has 7 nitrogen and oxygen atoms in total. The van der Waals surface area contributed by atoms with E-state index in [0.29, 0.717) is 12.3 Å². The van der Waals surface area contributed by atoms with Gasteiger partial charge in [-0.05, 0) is 24.5 Å². The van der Waals surface area contributed by atoms with Gasteiger partial charge in [-0.15, -0.1) is 0 Å². The maximum absolute atomic E-state index is 10.9. The highest BCUT2D eigenvalue weighted by molar-refractivity contribution is 5.89. The number of aromatic carboxylic acids is 1. The van der Waals surface area contributed by atoms with E-state index in [1.807, 2.05) is 13.8 Å². The minimum absolute atomic E-state index is 0.148. The van der Waals surface area contributed by atoms with Crippen molar-refractivity contribution in [2.45, 2.75) is 26.4 Å². The molecule has 1 rings (SSSR count). The number of carboxylic acid groups (broad SMARTS) is 1. The van der Waals surface area contributed by atoms with Gasteiger partial charge in [0.1, 0.15) is 5.69 Å². The molecule has 0 bridgehead atoms. The molecule has 0 aliphatic heterocycles. The highest BCUT2D eigenvalue weighted by Crippen LogP contribution is 2.25. The van der Waals surface area contributed by atoms with Crippen molar-refractivity contribution in [1.82, 2.24) is 0 Å². The molecule has 0 saturated heterocycles. The molecule has 3 N–H and O–H groups in total. The van der Waals surface area contributed by atoms with Crippen molar-refractivity contribution in [1.29, 1.82) is 0 Å². The summed E-state index contributed by atoms with van der Waals surface area (Å²) >= 11 is 0. The van der Waals surface area contributed by atoms with E-state index in [0.717, 1.165) is 6.07 Å². The van der Waals surface area contributed by atoms with Crippen LogP contribution in [-0.2, 0) is 0 Å². The number of carboxylic acids is 1. The molecule has 1 aromatic rings. The fourth-order valence-electron chi connectivity index (χ4n) is 1.82. The Morgan fingerprint density at radius 3 is 2.60 bits per heavy atom. The summed E-state index contributed by atoms with van der Waals surface area (Å²) in [6.45, 7) is 4.10. The lowest BCUT2D eigenvalue weighted by Crippen LogP contribution is -2.21. The summed E-state index contributed by atoms with van der Waals surface area (Å²) in [5.74, 6) is -0.907. The SMILES string of the molecule is CC(C)CC(O)CNc1ccc(C(=O)O)cc1[N+](=O)[O-]. The number of nitrogens with one attached hydrogen (secondary N) is 1. The van der Waals surface area contributed by atoms with Gasteiger partial charge in [0.05, 0.1) is 16.6 Å². The van der Waals surface area contributed by atoms with E-state index in [-0.39, 0.29) is 23.5 Å². The Hall–Kier alpha value is -2.15. The first-order chi connectivity index (χ1) is 9.31. The summed E-state index contributed by atoms with van der Waals surface area (Å²) in [7, 11) is 0. The third kappa shape index (κ3) is 4.51. The Bertz CT molecular complexity index is 502. The molecule has 0 amide bonds. The second kappa shape index (κ2) is 6.85. The number of aliphatic hydroxyl groups is 1. The van der Waals surface area contributed by atoms with Crippen molar-refractivity contribution in [3.8, 4) is 0 Å². The molecule has 0 aliphatic rings. The summed E-state index contributed by atoms with van der Waals surface area (Å²) in [4.78, 5) is 21.1. The van der Waals surface area contributed by atoms with Gasteiger partial charge in [-0.1, -0.05) is 13.8 Å². The zero-order chi connectivity index (χ0) is 15.3. The van der Waals surface area contributed by atoms with Gasteiger partial charge in [-0.3, -0.25) is 10.1 Å². The quantitative estimate of drug-likeness (QED) is 0.521. The highest BCUT2D eigenvalue weighted by Gasteiger charge is 2.18. The smallest absolute Gasteiger partial charge is 0.335 e. The average Bonchev–Trinajstić information content (AvgIpc) is 2.35. The molecule has 0 heterocycles. The fourth-order valence-corrected chi connectivity index (χ4v) is 1.82. The molecule has 0 spiro atoms. The lowest BCUT2D eigenvalue weighted by molar-refractivity contribution is -0.384. The Morgan fingerprint density at radius 2 is 2.10 bits per heavy atom. The van der Waals surface area contributed by atoms with Crippen LogP contribution in [0.25, 0.3) is 0 Å². The van der Waals surface area contributed by atoms with Crippen LogP contribution in [0.5, 0.6) is 0 Å². The minimum Gasteiger partial charge on any atom is -0.478 e. The normalized spacial score (nSPS) is 12.2. The number of rotatable bonds is 7. The third-order valence-corrected chi connectivity index (χ3v) is 2.71. The van der Waals surface area contributed by atoms with Crippen LogP contribution in [0.4, 0.5) is 11.4 Å². The maximum Gasteiger partial charge on any atom is 0.335 e. The van der Waals surface area contributed by atoms with Crippen molar-refractivity contribution in [3.05, 3.63) is 33.9 Å². The molecule has 1 unspecified atom stereocenters. The monoisotopic (exact) mass is 282 g/mol. The molecule has 0 radical (unpaired) electrons. The predicted molar refractivity (Wildman–Crippen MR) is 74.0 cm³/mol. The topological polar surface area (TPSA) is 113 Å². The Morgan fingerprint density at radius 1 is 1.45 bits per heavy atom. The van der Waals surface area contributed by atoms with E-state index >= 15 is 0 Å². The zero-order valence-corrected chi connectivity index (χ0v) is 11.4. The Balaban J connectivity index is 2.84. The average molecular weight is 282 g/mol. The number of benzene rings is 1. The van der Waals surface area contributed by atoms with Crippen molar-refractivity contribution in [2.75, 3.05) is 11.9 Å². The highest BCUT2D eigenvalue weighted by atomic mass is 16.6. The maximum atomic E-state index is 10.9. The van der Waals surface area contributed by atoms with E-state index in [2.05, 4.69) is 5.32 Å². The van der Waals surface area contributed by atoms with Crippen LogP contribution < -0.4 is 5.32 Å². The van der Waals surface area contributed by atoms with Gasteiger partial charge >= 0.3 is 5.97 Å². The number of nitrogens with zero attached hydrogens (tertiary/aromatic N) is 1. The van der Waals surface area contributed by atoms with Crippen LogP contribution in [0.1, 0.15) is 30.6 Å². The lowest BCUT2D eigenvalue weighted by atomic mass is 10.1. The third-order valence-electron chi connectivity index (χ3n) is 2.71. The van der Waals surface area contributed by atoms with Crippen LogP contribution >= 0.6 is 0 Å². The lowest BCUT2D eigenvalue weighted by Gasteiger charge is -2.14. The second-order valence-electron chi connectivity index (χ2n) is 4.96. The number of nitro groups is 1. The van der Waals surface area contributed by atoms with Gasteiger partial charge in [0.15, 0.2) is 0 Å². The molecule has 0 aromatic heterocycles. The van der Waals surface area contributed by atoms with Gasteiger partial charge in [0.25, 0.3) is 5.69 Å².